The fourth-order valence-electron chi connectivity index (χ4n) is 1.54. The minimum atomic E-state index is -1.04. The first-order valence-electron chi connectivity index (χ1n) is 5.42. The third-order valence-electron chi connectivity index (χ3n) is 2.43. The average molecular weight is 310 g/mol. The van der Waals surface area contributed by atoms with Gasteiger partial charge in [0, 0.05) is 16.0 Å². The van der Waals surface area contributed by atoms with Crippen molar-refractivity contribution in [3.05, 3.63) is 63.2 Å². The second-order valence-electron chi connectivity index (χ2n) is 3.80. The van der Waals surface area contributed by atoms with Gasteiger partial charge in [0.25, 0.3) is 5.69 Å². The molecule has 0 bridgehead atoms. The molecule has 0 amide bonds. The van der Waals surface area contributed by atoms with E-state index in [1.165, 1.54) is 18.2 Å². The lowest BCUT2D eigenvalue weighted by Crippen LogP contribution is -1.95. The van der Waals surface area contributed by atoms with E-state index in [4.69, 9.17) is 16.7 Å². The molecule has 0 aliphatic carbocycles. The molecule has 0 radical (unpaired) electrons. The van der Waals surface area contributed by atoms with Gasteiger partial charge in [-0.1, -0.05) is 29.4 Å². The number of halogens is 1. The van der Waals surface area contributed by atoms with Crippen LogP contribution in [0, 0.1) is 10.1 Å². The van der Waals surface area contributed by atoms with Crippen molar-refractivity contribution in [2.45, 2.75) is 9.79 Å². The van der Waals surface area contributed by atoms with E-state index in [2.05, 4.69) is 0 Å². The number of carboxylic acid groups (broad SMARTS) is 1. The second kappa shape index (κ2) is 5.94. The molecular formula is C13H8ClNO4S. The van der Waals surface area contributed by atoms with Crippen LogP contribution < -0.4 is 0 Å². The molecule has 0 aliphatic heterocycles. The number of benzene rings is 2. The van der Waals surface area contributed by atoms with Crippen molar-refractivity contribution in [1.82, 2.24) is 0 Å². The van der Waals surface area contributed by atoms with E-state index in [0.29, 0.717) is 9.79 Å². The number of carboxylic acids is 1. The fraction of sp³-hybridized carbons (Fsp3) is 0. The van der Waals surface area contributed by atoms with E-state index in [9.17, 15) is 14.9 Å². The fourth-order valence-corrected chi connectivity index (χ4v) is 2.67. The highest BCUT2D eigenvalue weighted by Gasteiger charge is 2.16. The van der Waals surface area contributed by atoms with Crippen molar-refractivity contribution in [3.63, 3.8) is 0 Å². The Balaban J connectivity index is 2.37. The Hall–Kier alpha value is -2.05. The molecule has 0 heterocycles. The van der Waals surface area contributed by atoms with Gasteiger partial charge in [-0.25, -0.2) is 4.79 Å². The molecule has 2 rings (SSSR count). The molecule has 7 heteroatoms. The van der Waals surface area contributed by atoms with Crippen molar-refractivity contribution in [2.75, 3.05) is 0 Å². The number of nitrogens with zero attached hydrogens (tertiary/aromatic N) is 1. The summed E-state index contributed by atoms with van der Waals surface area (Å²) in [5, 5.41) is 20.2. The van der Waals surface area contributed by atoms with Gasteiger partial charge < -0.3 is 5.11 Å². The molecule has 0 fully saturated rings. The van der Waals surface area contributed by atoms with Crippen LogP contribution in [-0.2, 0) is 0 Å². The first kappa shape index (κ1) is 14.4. The van der Waals surface area contributed by atoms with Gasteiger partial charge in [-0.05, 0) is 30.3 Å². The Morgan fingerprint density at radius 1 is 1.25 bits per heavy atom. The molecule has 2 aromatic carbocycles. The van der Waals surface area contributed by atoms with Crippen LogP contribution in [0.3, 0.4) is 0 Å². The molecule has 0 saturated carbocycles. The van der Waals surface area contributed by atoms with Crippen molar-refractivity contribution in [1.29, 1.82) is 0 Å². The second-order valence-corrected chi connectivity index (χ2v) is 5.36. The van der Waals surface area contributed by atoms with E-state index in [-0.39, 0.29) is 16.3 Å². The summed E-state index contributed by atoms with van der Waals surface area (Å²) in [6, 6.07) is 10.6. The maximum absolute atomic E-state index is 11.0. The first-order valence-corrected chi connectivity index (χ1v) is 6.62. The molecule has 0 aliphatic rings. The lowest BCUT2D eigenvalue weighted by Gasteiger charge is -2.04. The van der Waals surface area contributed by atoms with Crippen molar-refractivity contribution < 1.29 is 14.8 Å². The van der Waals surface area contributed by atoms with Crippen molar-refractivity contribution in [2.24, 2.45) is 0 Å². The van der Waals surface area contributed by atoms with Crippen LogP contribution in [0.4, 0.5) is 5.69 Å². The summed E-state index contributed by atoms with van der Waals surface area (Å²) in [5.74, 6) is -1.04. The summed E-state index contributed by atoms with van der Waals surface area (Å²) in [5.41, 5.74) is 0.0230. The maximum atomic E-state index is 11.0. The van der Waals surface area contributed by atoms with Crippen LogP contribution in [0.25, 0.3) is 0 Å². The number of hydrogen-bond donors (Lipinski definition) is 1. The molecule has 2 aromatic rings. The normalized spacial score (nSPS) is 10.2. The Bertz CT molecular complexity index is 690. The van der Waals surface area contributed by atoms with Gasteiger partial charge in [0.15, 0.2) is 0 Å². The van der Waals surface area contributed by atoms with E-state index in [1.807, 2.05) is 0 Å². The van der Waals surface area contributed by atoms with Gasteiger partial charge in [-0.2, -0.15) is 0 Å². The van der Waals surface area contributed by atoms with E-state index < -0.39 is 10.9 Å². The summed E-state index contributed by atoms with van der Waals surface area (Å²) in [7, 11) is 0. The minimum Gasteiger partial charge on any atom is -0.478 e. The van der Waals surface area contributed by atoms with Crippen molar-refractivity contribution >= 4 is 35.0 Å². The summed E-state index contributed by atoms with van der Waals surface area (Å²) in [6.45, 7) is 0. The maximum Gasteiger partial charge on any atom is 0.335 e. The van der Waals surface area contributed by atoms with E-state index >= 15 is 0 Å². The predicted octanol–water partition coefficient (Wildman–Crippen LogP) is 4.10. The summed E-state index contributed by atoms with van der Waals surface area (Å²) < 4.78 is 0. The Kier molecular flexibility index (Phi) is 4.26. The molecule has 0 atom stereocenters. The van der Waals surface area contributed by atoms with Crippen LogP contribution in [-0.4, -0.2) is 16.0 Å². The number of hydrogen-bond acceptors (Lipinski definition) is 4. The zero-order chi connectivity index (χ0) is 14.7. The van der Waals surface area contributed by atoms with Gasteiger partial charge in [-0.3, -0.25) is 10.1 Å². The van der Waals surface area contributed by atoms with Gasteiger partial charge in [0.2, 0.25) is 0 Å². The quantitative estimate of drug-likeness (QED) is 0.679. The predicted molar refractivity (Wildman–Crippen MR) is 75.6 cm³/mol. The Labute approximate surface area is 123 Å². The molecule has 0 unspecified atom stereocenters. The number of carbonyl (C=O) groups is 1. The van der Waals surface area contributed by atoms with Crippen LogP contribution in [0.1, 0.15) is 10.4 Å². The molecular weight excluding hydrogens is 302 g/mol. The van der Waals surface area contributed by atoms with Crippen LogP contribution in [0.5, 0.6) is 0 Å². The molecule has 5 nitrogen and oxygen atoms in total. The van der Waals surface area contributed by atoms with Crippen LogP contribution in [0.15, 0.2) is 52.3 Å². The van der Waals surface area contributed by atoms with E-state index in [1.54, 1.807) is 24.3 Å². The SMILES string of the molecule is O=C(O)c1cccc(Sc2ccc(Cl)cc2[N+](=O)[O-])c1. The summed E-state index contributed by atoms with van der Waals surface area (Å²) in [4.78, 5) is 22.4. The molecule has 1 N–H and O–H groups in total. The van der Waals surface area contributed by atoms with Gasteiger partial charge in [-0.15, -0.1) is 0 Å². The number of rotatable bonds is 4. The molecule has 0 spiro atoms. The zero-order valence-corrected chi connectivity index (χ0v) is 11.5. The van der Waals surface area contributed by atoms with E-state index in [0.717, 1.165) is 11.8 Å². The largest absolute Gasteiger partial charge is 0.478 e. The first-order chi connectivity index (χ1) is 9.47. The third-order valence-corrected chi connectivity index (χ3v) is 3.72. The number of aromatic carboxylic acids is 1. The average Bonchev–Trinajstić information content (AvgIpc) is 2.41. The molecule has 20 heavy (non-hydrogen) atoms. The Morgan fingerprint density at radius 2 is 2.00 bits per heavy atom. The highest BCUT2D eigenvalue weighted by atomic mass is 35.5. The standard InChI is InChI=1S/C13H8ClNO4S/c14-9-4-5-12(11(7-9)15(18)19)20-10-3-1-2-8(6-10)13(16)17/h1-7H,(H,16,17). The molecule has 0 saturated heterocycles. The topological polar surface area (TPSA) is 80.4 Å². The monoisotopic (exact) mass is 309 g/mol. The molecule has 102 valence electrons. The van der Waals surface area contributed by atoms with Crippen LogP contribution >= 0.6 is 23.4 Å². The van der Waals surface area contributed by atoms with Gasteiger partial charge in [0.05, 0.1) is 15.4 Å². The minimum absolute atomic E-state index is 0.108. The number of nitro benzene ring substituents is 1. The van der Waals surface area contributed by atoms with Gasteiger partial charge in [0.1, 0.15) is 0 Å². The van der Waals surface area contributed by atoms with Gasteiger partial charge >= 0.3 is 5.97 Å². The number of nitro groups is 1. The molecule has 0 aromatic heterocycles. The zero-order valence-electron chi connectivity index (χ0n) is 9.95. The highest BCUT2D eigenvalue weighted by molar-refractivity contribution is 7.99. The van der Waals surface area contributed by atoms with Crippen LogP contribution in [0.2, 0.25) is 5.02 Å². The Morgan fingerprint density at radius 3 is 2.65 bits per heavy atom. The lowest BCUT2D eigenvalue weighted by atomic mass is 10.2. The lowest BCUT2D eigenvalue weighted by molar-refractivity contribution is -0.387. The van der Waals surface area contributed by atoms with Crippen molar-refractivity contribution in [3.8, 4) is 0 Å². The highest BCUT2D eigenvalue weighted by Crippen LogP contribution is 2.36. The summed E-state index contributed by atoms with van der Waals surface area (Å²) >= 11 is 6.86. The summed E-state index contributed by atoms with van der Waals surface area (Å²) in [6.07, 6.45) is 0. The third kappa shape index (κ3) is 3.28. The smallest absolute Gasteiger partial charge is 0.335 e.